The average Bonchev–Trinajstić information content (AvgIpc) is 3.12. The van der Waals surface area contributed by atoms with E-state index in [0.717, 1.165) is 12.0 Å². The Hall–Kier alpha value is -1.68. The zero-order chi connectivity index (χ0) is 13.2. The number of carbonyl (C=O) groups excluding carboxylic acids is 1. The van der Waals surface area contributed by atoms with Gasteiger partial charge >= 0.3 is 0 Å². The standard InChI is InChI=1S/C14H16FNO2/c1-2-13(18)16-8-14(9-17)7-12(14)10-3-5-11(15)6-4-10/h2-6,12,17H,1,7-9H2,(H,16,18). The van der Waals surface area contributed by atoms with Crippen LogP contribution in [-0.4, -0.2) is 24.2 Å². The summed E-state index contributed by atoms with van der Waals surface area (Å²) < 4.78 is 12.8. The van der Waals surface area contributed by atoms with Crippen LogP contribution in [0.25, 0.3) is 0 Å². The zero-order valence-electron chi connectivity index (χ0n) is 10.0. The molecule has 4 heteroatoms. The summed E-state index contributed by atoms with van der Waals surface area (Å²) in [5.74, 6) is -0.338. The number of aliphatic hydroxyl groups excluding tert-OH is 1. The number of hydrogen-bond donors (Lipinski definition) is 2. The summed E-state index contributed by atoms with van der Waals surface area (Å²) >= 11 is 0. The van der Waals surface area contributed by atoms with Crippen LogP contribution in [0.5, 0.6) is 0 Å². The van der Waals surface area contributed by atoms with Crippen LogP contribution in [0.1, 0.15) is 17.9 Å². The van der Waals surface area contributed by atoms with Crippen molar-refractivity contribution in [3.05, 3.63) is 48.3 Å². The molecule has 0 spiro atoms. The predicted molar refractivity (Wildman–Crippen MR) is 66.5 cm³/mol. The summed E-state index contributed by atoms with van der Waals surface area (Å²) in [6.45, 7) is 3.80. The Kier molecular flexibility index (Phi) is 3.48. The van der Waals surface area contributed by atoms with Crippen LogP contribution in [-0.2, 0) is 4.79 Å². The lowest BCUT2D eigenvalue weighted by Gasteiger charge is -2.14. The Morgan fingerprint density at radius 2 is 2.22 bits per heavy atom. The summed E-state index contributed by atoms with van der Waals surface area (Å²) in [4.78, 5) is 11.1. The van der Waals surface area contributed by atoms with Gasteiger partial charge in [0.1, 0.15) is 5.82 Å². The van der Waals surface area contributed by atoms with Crippen LogP contribution in [0.3, 0.4) is 0 Å². The van der Waals surface area contributed by atoms with Gasteiger partial charge in [-0.25, -0.2) is 4.39 Å². The number of aliphatic hydroxyl groups is 1. The molecule has 1 saturated carbocycles. The van der Waals surface area contributed by atoms with E-state index in [4.69, 9.17) is 0 Å². The fourth-order valence-electron chi connectivity index (χ4n) is 2.28. The van der Waals surface area contributed by atoms with Crippen LogP contribution >= 0.6 is 0 Å². The minimum absolute atomic E-state index is 0.00641. The first-order valence-electron chi connectivity index (χ1n) is 5.88. The molecule has 0 aliphatic heterocycles. The van der Waals surface area contributed by atoms with Gasteiger partial charge in [0.25, 0.3) is 0 Å². The molecule has 1 aromatic rings. The number of hydrogen-bond acceptors (Lipinski definition) is 2. The van der Waals surface area contributed by atoms with Crippen molar-refractivity contribution in [1.29, 1.82) is 0 Å². The van der Waals surface area contributed by atoms with Gasteiger partial charge in [-0.3, -0.25) is 4.79 Å². The molecular formula is C14H16FNO2. The topological polar surface area (TPSA) is 49.3 Å². The first-order chi connectivity index (χ1) is 8.61. The Morgan fingerprint density at radius 3 is 2.78 bits per heavy atom. The van der Waals surface area contributed by atoms with Gasteiger partial charge in [-0.2, -0.15) is 0 Å². The number of nitrogens with one attached hydrogen (secondary N) is 1. The molecule has 0 radical (unpaired) electrons. The fraction of sp³-hybridized carbons (Fsp3) is 0.357. The summed E-state index contributed by atoms with van der Waals surface area (Å²) in [6, 6.07) is 6.29. The smallest absolute Gasteiger partial charge is 0.243 e. The molecule has 2 rings (SSSR count). The molecule has 2 unspecified atom stereocenters. The lowest BCUT2D eigenvalue weighted by Crippen LogP contribution is -2.31. The van der Waals surface area contributed by atoms with Crippen LogP contribution in [0.15, 0.2) is 36.9 Å². The molecule has 1 amide bonds. The summed E-state index contributed by atoms with van der Waals surface area (Å²) in [7, 11) is 0. The third kappa shape index (κ3) is 2.43. The number of carbonyl (C=O) groups is 1. The highest BCUT2D eigenvalue weighted by Crippen LogP contribution is 2.58. The van der Waals surface area contributed by atoms with E-state index >= 15 is 0 Å². The highest BCUT2D eigenvalue weighted by Gasteiger charge is 2.54. The molecule has 0 saturated heterocycles. The van der Waals surface area contributed by atoms with Gasteiger partial charge in [0, 0.05) is 12.0 Å². The maximum atomic E-state index is 12.8. The van der Waals surface area contributed by atoms with Crippen LogP contribution in [0, 0.1) is 11.2 Å². The van der Waals surface area contributed by atoms with Gasteiger partial charge in [-0.1, -0.05) is 18.7 Å². The van der Waals surface area contributed by atoms with E-state index in [1.807, 2.05) is 0 Å². The zero-order valence-corrected chi connectivity index (χ0v) is 10.0. The van der Waals surface area contributed by atoms with E-state index in [1.165, 1.54) is 18.2 Å². The highest BCUT2D eigenvalue weighted by molar-refractivity contribution is 5.86. The number of benzene rings is 1. The van der Waals surface area contributed by atoms with E-state index in [2.05, 4.69) is 11.9 Å². The van der Waals surface area contributed by atoms with Crippen molar-refractivity contribution in [1.82, 2.24) is 5.32 Å². The van der Waals surface area contributed by atoms with Crippen molar-refractivity contribution < 1.29 is 14.3 Å². The maximum absolute atomic E-state index is 12.8. The van der Waals surface area contributed by atoms with E-state index in [9.17, 15) is 14.3 Å². The van der Waals surface area contributed by atoms with Crippen molar-refractivity contribution in [3.8, 4) is 0 Å². The van der Waals surface area contributed by atoms with Crippen molar-refractivity contribution in [3.63, 3.8) is 0 Å². The van der Waals surface area contributed by atoms with Crippen LogP contribution < -0.4 is 5.32 Å². The Bertz CT molecular complexity index is 457. The molecule has 1 aliphatic rings. The fourth-order valence-corrected chi connectivity index (χ4v) is 2.28. The first-order valence-corrected chi connectivity index (χ1v) is 5.88. The van der Waals surface area contributed by atoms with E-state index in [0.29, 0.717) is 6.54 Å². The Balaban J connectivity index is 2.02. The predicted octanol–water partition coefficient (Wildman–Crippen LogP) is 1.59. The third-order valence-electron chi connectivity index (χ3n) is 3.58. The maximum Gasteiger partial charge on any atom is 0.243 e. The number of amides is 1. The summed E-state index contributed by atoms with van der Waals surface area (Å²) in [5, 5.41) is 12.2. The van der Waals surface area contributed by atoms with Crippen molar-refractivity contribution in [2.45, 2.75) is 12.3 Å². The second-order valence-corrected chi connectivity index (χ2v) is 4.75. The molecule has 96 valence electrons. The van der Waals surface area contributed by atoms with E-state index in [1.54, 1.807) is 12.1 Å². The molecule has 2 atom stereocenters. The van der Waals surface area contributed by atoms with Gasteiger partial charge in [-0.05, 0) is 36.1 Å². The average molecular weight is 249 g/mol. The number of rotatable bonds is 5. The van der Waals surface area contributed by atoms with Gasteiger partial charge in [0.2, 0.25) is 5.91 Å². The second-order valence-electron chi connectivity index (χ2n) is 4.75. The van der Waals surface area contributed by atoms with Gasteiger partial charge in [0.05, 0.1) is 6.61 Å². The monoisotopic (exact) mass is 249 g/mol. The summed E-state index contributed by atoms with van der Waals surface area (Å²) in [6.07, 6.45) is 2.01. The third-order valence-corrected chi connectivity index (χ3v) is 3.58. The molecular weight excluding hydrogens is 233 g/mol. The second kappa shape index (κ2) is 4.90. The molecule has 0 bridgehead atoms. The van der Waals surface area contributed by atoms with Crippen molar-refractivity contribution in [2.75, 3.05) is 13.2 Å². The highest BCUT2D eigenvalue weighted by atomic mass is 19.1. The molecule has 1 fully saturated rings. The van der Waals surface area contributed by atoms with E-state index < -0.39 is 0 Å². The molecule has 3 nitrogen and oxygen atoms in total. The Morgan fingerprint density at radius 1 is 1.56 bits per heavy atom. The Labute approximate surface area is 105 Å². The molecule has 1 aromatic carbocycles. The molecule has 1 aliphatic carbocycles. The van der Waals surface area contributed by atoms with Crippen molar-refractivity contribution >= 4 is 5.91 Å². The van der Waals surface area contributed by atoms with E-state index in [-0.39, 0.29) is 29.7 Å². The molecule has 0 aromatic heterocycles. The van der Waals surface area contributed by atoms with Crippen LogP contribution in [0.4, 0.5) is 4.39 Å². The normalized spacial score (nSPS) is 25.6. The molecule has 2 N–H and O–H groups in total. The van der Waals surface area contributed by atoms with Gasteiger partial charge in [-0.15, -0.1) is 0 Å². The van der Waals surface area contributed by atoms with Gasteiger partial charge < -0.3 is 10.4 Å². The lowest BCUT2D eigenvalue weighted by atomic mass is 10.00. The molecule has 0 heterocycles. The largest absolute Gasteiger partial charge is 0.396 e. The molecule has 18 heavy (non-hydrogen) atoms. The minimum atomic E-state index is -0.309. The quantitative estimate of drug-likeness (QED) is 0.779. The SMILES string of the molecule is C=CC(=O)NCC1(CO)CC1c1ccc(F)cc1. The van der Waals surface area contributed by atoms with Crippen molar-refractivity contribution in [2.24, 2.45) is 5.41 Å². The minimum Gasteiger partial charge on any atom is -0.396 e. The van der Waals surface area contributed by atoms with Gasteiger partial charge in [0.15, 0.2) is 0 Å². The lowest BCUT2D eigenvalue weighted by molar-refractivity contribution is -0.116. The number of halogens is 1. The van der Waals surface area contributed by atoms with Crippen LogP contribution in [0.2, 0.25) is 0 Å². The summed E-state index contributed by atoms with van der Waals surface area (Å²) in [5.41, 5.74) is 0.689. The first kappa shape index (κ1) is 12.8.